The maximum Gasteiger partial charge on any atom is 0.338 e. The van der Waals surface area contributed by atoms with Crippen LogP contribution >= 0.6 is 15.9 Å². The maximum absolute atomic E-state index is 12.2. The smallest absolute Gasteiger partial charge is 0.338 e. The Kier molecular flexibility index (Phi) is 9.64. The molecule has 0 aliphatic carbocycles. The molecule has 0 aliphatic heterocycles. The Balaban J connectivity index is 1.38. The van der Waals surface area contributed by atoms with Gasteiger partial charge >= 0.3 is 11.9 Å². The van der Waals surface area contributed by atoms with Gasteiger partial charge in [0.05, 0.1) is 12.0 Å². The molecular formula is C27H22BrNO7. The summed E-state index contributed by atoms with van der Waals surface area (Å²) in [6.07, 6.45) is -0.337. The Morgan fingerprint density at radius 3 is 1.83 bits per heavy atom. The second-order valence-corrected chi connectivity index (χ2v) is 8.50. The molecule has 3 aromatic carbocycles. The average Bonchev–Trinajstić information content (AvgIpc) is 2.90. The molecule has 184 valence electrons. The van der Waals surface area contributed by atoms with Crippen molar-refractivity contribution in [2.45, 2.75) is 12.8 Å². The molecule has 0 aliphatic rings. The molecule has 0 heterocycles. The summed E-state index contributed by atoms with van der Waals surface area (Å²) < 4.78 is 10.8. The van der Waals surface area contributed by atoms with Crippen LogP contribution in [0.1, 0.15) is 43.9 Å². The topological polar surface area (TPSA) is 116 Å². The summed E-state index contributed by atoms with van der Waals surface area (Å²) in [5.41, 5.74) is 1.49. The predicted octanol–water partition coefficient (Wildman–Crippen LogP) is 4.63. The van der Waals surface area contributed by atoms with E-state index in [1.165, 1.54) is 24.3 Å². The molecule has 8 nitrogen and oxygen atoms in total. The summed E-state index contributed by atoms with van der Waals surface area (Å²) in [6, 6.07) is 21.0. The van der Waals surface area contributed by atoms with Gasteiger partial charge in [-0.1, -0.05) is 58.4 Å². The van der Waals surface area contributed by atoms with E-state index in [4.69, 9.17) is 9.47 Å². The van der Waals surface area contributed by atoms with E-state index in [1.807, 2.05) is 0 Å². The van der Waals surface area contributed by atoms with Gasteiger partial charge < -0.3 is 14.8 Å². The lowest BCUT2D eigenvalue weighted by molar-refractivity contribution is -0.143. The van der Waals surface area contributed by atoms with Gasteiger partial charge in [-0.05, 0) is 36.4 Å². The van der Waals surface area contributed by atoms with Gasteiger partial charge in [0.15, 0.2) is 24.8 Å². The Bertz CT molecular complexity index is 1240. The zero-order valence-electron chi connectivity index (χ0n) is 19.1. The molecule has 36 heavy (non-hydrogen) atoms. The van der Waals surface area contributed by atoms with Crippen LogP contribution in [0.3, 0.4) is 0 Å². The highest BCUT2D eigenvalue weighted by atomic mass is 79.9. The normalized spacial score (nSPS) is 10.2. The SMILES string of the molecule is O=C(CCC(=O)OCC(=O)c1ccc(Br)cc1)Nc1ccc(C(=O)OCC(=O)c2ccccc2)cc1. The maximum atomic E-state index is 12.2. The largest absolute Gasteiger partial charge is 0.457 e. The molecule has 0 saturated carbocycles. The van der Waals surface area contributed by atoms with Crippen molar-refractivity contribution >= 4 is 51.0 Å². The van der Waals surface area contributed by atoms with Crippen LogP contribution in [-0.4, -0.2) is 42.6 Å². The van der Waals surface area contributed by atoms with E-state index in [2.05, 4.69) is 21.2 Å². The van der Waals surface area contributed by atoms with E-state index >= 15 is 0 Å². The number of hydrogen-bond acceptors (Lipinski definition) is 7. The van der Waals surface area contributed by atoms with Crippen LogP contribution in [0.2, 0.25) is 0 Å². The van der Waals surface area contributed by atoms with Gasteiger partial charge in [-0.15, -0.1) is 0 Å². The first kappa shape index (κ1) is 26.5. The number of esters is 2. The molecule has 0 fully saturated rings. The number of nitrogens with one attached hydrogen (secondary N) is 1. The molecule has 0 saturated heterocycles. The summed E-state index contributed by atoms with van der Waals surface area (Å²) >= 11 is 3.28. The molecule has 0 unspecified atom stereocenters. The van der Waals surface area contributed by atoms with Crippen molar-refractivity contribution in [2.24, 2.45) is 0 Å². The Morgan fingerprint density at radius 1 is 0.639 bits per heavy atom. The fourth-order valence-electron chi connectivity index (χ4n) is 2.99. The summed E-state index contributed by atoms with van der Waals surface area (Å²) in [6.45, 7) is -0.789. The molecule has 0 bridgehead atoms. The number of rotatable bonds is 11. The van der Waals surface area contributed by atoms with Gasteiger partial charge in [0.2, 0.25) is 5.91 Å². The minimum Gasteiger partial charge on any atom is -0.457 e. The second-order valence-electron chi connectivity index (χ2n) is 7.58. The summed E-state index contributed by atoms with van der Waals surface area (Å²) in [7, 11) is 0. The molecule has 0 atom stereocenters. The minimum absolute atomic E-state index is 0.142. The van der Waals surface area contributed by atoms with E-state index in [1.54, 1.807) is 54.6 Å². The Hall–Kier alpha value is -4.11. The van der Waals surface area contributed by atoms with Crippen molar-refractivity contribution in [1.82, 2.24) is 0 Å². The number of hydrogen-bond donors (Lipinski definition) is 1. The van der Waals surface area contributed by atoms with E-state index < -0.39 is 24.5 Å². The number of Topliss-reactive ketones (excluding diaryl/α,β-unsaturated/α-hetero) is 2. The number of halogens is 1. The molecule has 1 amide bonds. The molecule has 0 radical (unpaired) electrons. The van der Waals surface area contributed by atoms with Crippen molar-refractivity contribution in [3.8, 4) is 0 Å². The molecule has 3 aromatic rings. The molecule has 9 heteroatoms. The number of carbonyl (C=O) groups excluding carboxylic acids is 5. The number of ether oxygens (including phenoxy) is 2. The van der Waals surface area contributed by atoms with Crippen molar-refractivity contribution in [3.63, 3.8) is 0 Å². The predicted molar refractivity (Wildman–Crippen MR) is 135 cm³/mol. The molecule has 1 N–H and O–H groups in total. The van der Waals surface area contributed by atoms with E-state index in [9.17, 15) is 24.0 Å². The monoisotopic (exact) mass is 551 g/mol. The van der Waals surface area contributed by atoms with E-state index in [-0.39, 0.29) is 36.6 Å². The van der Waals surface area contributed by atoms with Crippen LogP contribution < -0.4 is 5.32 Å². The number of carbonyl (C=O) groups is 5. The quantitative estimate of drug-likeness (QED) is 0.272. The highest BCUT2D eigenvalue weighted by Crippen LogP contribution is 2.13. The third-order valence-corrected chi connectivity index (χ3v) is 5.45. The third kappa shape index (κ3) is 8.28. The average molecular weight is 552 g/mol. The van der Waals surface area contributed by atoms with Crippen LogP contribution in [0.5, 0.6) is 0 Å². The zero-order valence-corrected chi connectivity index (χ0v) is 20.7. The molecule has 0 spiro atoms. The van der Waals surface area contributed by atoms with Gasteiger partial charge in [0.1, 0.15) is 0 Å². The van der Waals surface area contributed by atoms with Crippen LogP contribution in [0.15, 0.2) is 83.3 Å². The molecule has 3 rings (SSSR count). The minimum atomic E-state index is -0.669. The van der Waals surface area contributed by atoms with Crippen molar-refractivity contribution in [2.75, 3.05) is 18.5 Å². The van der Waals surface area contributed by atoms with Crippen LogP contribution in [0.25, 0.3) is 0 Å². The standard InChI is InChI=1S/C27H22BrNO7/c28-21-10-6-19(7-11-21)23(30)16-35-26(33)15-14-25(32)29-22-12-8-20(9-13-22)27(34)36-17-24(31)18-4-2-1-3-5-18/h1-13H,14-17H2,(H,29,32). The Morgan fingerprint density at radius 2 is 1.19 bits per heavy atom. The third-order valence-electron chi connectivity index (χ3n) is 4.92. The zero-order chi connectivity index (χ0) is 25.9. The lowest BCUT2D eigenvalue weighted by Crippen LogP contribution is -2.17. The lowest BCUT2D eigenvalue weighted by atomic mass is 10.1. The van der Waals surface area contributed by atoms with E-state index in [0.717, 1.165) is 4.47 Å². The number of benzene rings is 3. The highest BCUT2D eigenvalue weighted by molar-refractivity contribution is 9.10. The fourth-order valence-corrected chi connectivity index (χ4v) is 3.25. The summed E-state index contributed by atoms with van der Waals surface area (Å²) in [5, 5.41) is 2.61. The fraction of sp³-hybridized carbons (Fsp3) is 0.148. The summed E-state index contributed by atoms with van der Waals surface area (Å²) in [5.74, 6) is -2.43. The molecule has 0 aromatic heterocycles. The number of ketones is 2. The van der Waals surface area contributed by atoms with Gasteiger partial charge in [-0.25, -0.2) is 4.79 Å². The Labute approximate surface area is 215 Å². The number of anilines is 1. The van der Waals surface area contributed by atoms with Crippen molar-refractivity contribution in [3.05, 3.63) is 100 Å². The first-order valence-corrected chi connectivity index (χ1v) is 11.7. The van der Waals surface area contributed by atoms with Gasteiger partial charge in [-0.3, -0.25) is 19.2 Å². The van der Waals surface area contributed by atoms with Gasteiger partial charge in [0, 0.05) is 27.7 Å². The highest BCUT2D eigenvalue weighted by Gasteiger charge is 2.14. The summed E-state index contributed by atoms with van der Waals surface area (Å²) in [4.78, 5) is 60.2. The van der Waals surface area contributed by atoms with Crippen LogP contribution in [0, 0.1) is 0 Å². The second kappa shape index (κ2) is 13.1. The van der Waals surface area contributed by atoms with Gasteiger partial charge in [-0.2, -0.15) is 0 Å². The van der Waals surface area contributed by atoms with Crippen LogP contribution in [0.4, 0.5) is 5.69 Å². The van der Waals surface area contributed by atoms with Crippen molar-refractivity contribution < 1.29 is 33.4 Å². The van der Waals surface area contributed by atoms with Gasteiger partial charge in [0.25, 0.3) is 0 Å². The molecular weight excluding hydrogens is 530 g/mol. The first-order chi connectivity index (χ1) is 17.3. The van der Waals surface area contributed by atoms with E-state index in [0.29, 0.717) is 16.8 Å². The lowest BCUT2D eigenvalue weighted by Gasteiger charge is -2.08. The number of amides is 1. The van der Waals surface area contributed by atoms with Crippen molar-refractivity contribution in [1.29, 1.82) is 0 Å². The first-order valence-electron chi connectivity index (χ1n) is 10.9. The van der Waals surface area contributed by atoms with Crippen LogP contribution in [-0.2, 0) is 19.1 Å².